The predicted octanol–water partition coefficient (Wildman–Crippen LogP) is 11.7. The maximum absolute atomic E-state index is 10.7. The molecule has 290 valence electrons. The number of rotatable bonds is 2. The SMILES string of the molecule is CC1(C)C2=CC[C@H]3C4=CC=C(c5cccnc5)[C@@]4(C)CC[C@@H]3[C@@]2(C)CCC1O.CC1=C2CC[C@H]3C4=CC=C(c5cccnc5)[C@@]4(C)CC[C@@H]3[C@@]2(C)CCC1O. The lowest BCUT2D eigenvalue weighted by Gasteiger charge is -2.59. The molecule has 10 atom stereocenters. The zero-order valence-electron chi connectivity index (χ0n) is 34.5. The Labute approximate surface area is 330 Å². The number of nitrogens with zero attached hydrogens (tertiary/aromatic N) is 2. The maximum atomic E-state index is 10.7. The van der Waals surface area contributed by atoms with Crippen molar-refractivity contribution in [2.24, 2.45) is 50.7 Å². The van der Waals surface area contributed by atoms with Crippen molar-refractivity contribution in [3.8, 4) is 0 Å². The summed E-state index contributed by atoms with van der Waals surface area (Å²) in [7, 11) is 0. The molecule has 0 radical (unpaired) electrons. The molecule has 8 aliphatic rings. The Balaban J connectivity index is 0.000000144. The average Bonchev–Trinajstić information content (AvgIpc) is 3.73. The summed E-state index contributed by atoms with van der Waals surface area (Å²) in [5.74, 6) is 2.74. The van der Waals surface area contributed by atoms with Crippen LogP contribution in [0.2, 0.25) is 0 Å². The molecule has 2 N–H and O–H groups in total. The summed E-state index contributed by atoms with van der Waals surface area (Å²) in [6.07, 6.45) is 32.2. The van der Waals surface area contributed by atoms with E-state index in [0.29, 0.717) is 17.8 Å². The first-order valence-electron chi connectivity index (χ1n) is 21.7. The van der Waals surface area contributed by atoms with Gasteiger partial charge in [-0.25, -0.2) is 0 Å². The molecule has 2 aromatic heterocycles. The second-order valence-electron chi connectivity index (χ2n) is 20.3. The molecule has 2 heterocycles. The zero-order valence-corrected chi connectivity index (χ0v) is 34.5. The Bertz CT molecular complexity index is 2050. The molecular weight excluding hydrogens is 673 g/mol. The Kier molecular flexibility index (Phi) is 8.87. The van der Waals surface area contributed by atoms with Gasteiger partial charge in [0.25, 0.3) is 0 Å². The van der Waals surface area contributed by atoms with Gasteiger partial charge >= 0.3 is 0 Å². The van der Waals surface area contributed by atoms with Crippen LogP contribution in [0.3, 0.4) is 0 Å². The van der Waals surface area contributed by atoms with Crippen LogP contribution in [-0.4, -0.2) is 32.4 Å². The minimum Gasteiger partial charge on any atom is -0.392 e. The van der Waals surface area contributed by atoms with Crippen molar-refractivity contribution in [2.75, 3.05) is 0 Å². The van der Waals surface area contributed by atoms with E-state index < -0.39 is 0 Å². The highest BCUT2D eigenvalue weighted by Crippen LogP contribution is 2.68. The molecular formula is C51H64N2O2. The molecule has 4 heteroatoms. The molecule has 4 fully saturated rings. The second kappa shape index (κ2) is 13.1. The van der Waals surface area contributed by atoms with Gasteiger partial charge in [0.15, 0.2) is 0 Å². The fraction of sp³-hybridized carbons (Fsp3) is 0.569. The molecule has 2 unspecified atom stereocenters. The molecule has 55 heavy (non-hydrogen) atoms. The third kappa shape index (κ3) is 5.43. The molecule has 4 nitrogen and oxygen atoms in total. The van der Waals surface area contributed by atoms with Gasteiger partial charge in [-0.2, -0.15) is 0 Å². The van der Waals surface area contributed by atoms with E-state index >= 15 is 0 Å². The predicted molar refractivity (Wildman–Crippen MR) is 224 cm³/mol. The maximum Gasteiger partial charge on any atom is 0.0750 e. The minimum absolute atomic E-state index is 0.0953. The van der Waals surface area contributed by atoms with E-state index in [1.807, 2.05) is 24.8 Å². The molecule has 2 aromatic rings. The van der Waals surface area contributed by atoms with E-state index in [1.165, 1.54) is 65.5 Å². The fourth-order valence-electron chi connectivity index (χ4n) is 14.4. The highest BCUT2D eigenvalue weighted by molar-refractivity contribution is 5.79. The first-order chi connectivity index (χ1) is 26.2. The molecule has 0 aromatic carbocycles. The van der Waals surface area contributed by atoms with Crippen LogP contribution in [-0.2, 0) is 0 Å². The van der Waals surface area contributed by atoms with Gasteiger partial charge < -0.3 is 10.2 Å². The van der Waals surface area contributed by atoms with E-state index in [0.717, 1.165) is 44.4 Å². The number of aromatic nitrogens is 2. The number of fused-ring (bicyclic) bond motifs is 10. The topological polar surface area (TPSA) is 66.2 Å². The van der Waals surface area contributed by atoms with Gasteiger partial charge in [-0.3, -0.25) is 9.97 Å². The summed E-state index contributed by atoms with van der Waals surface area (Å²) in [5, 5.41) is 21.1. The average molecular weight is 737 g/mol. The third-order valence-electron chi connectivity index (χ3n) is 17.5. The van der Waals surface area contributed by atoms with Gasteiger partial charge in [-0.05, 0) is 152 Å². The Morgan fingerprint density at radius 3 is 1.78 bits per heavy atom. The summed E-state index contributed by atoms with van der Waals surface area (Å²) in [6, 6.07) is 8.52. The van der Waals surface area contributed by atoms with E-state index in [9.17, 15) is 10.2 Å². The van der Waals surface area contributed by atoms with E-state index in [2.05, 4.69) is 113 Å². The molecule has 8 aliphatic carbocycles. The zero-order chi connectivity index (χ0) is 38.5. The first kappa shape index (κ1) is 37.2. The third-order valence-corrected chi connectivity index (χ3v) is 17.5. The quantitative estimate of drug-likeness (QED) is 0.301. The Morgan fingerprint density at radius 1 is 0.636 bits per heavy atom. The molecule has 0 amide bonds. The summed E-state index contributed by atoms with van der Waals surface area (Å²) in [5.41, 5.74) is 13.9. The van der Waals surface area contributed by atoms with Crippen molar-refractivity contribution in [3.63, 3.8) is 0 Å². The lowest BCUT2D eigenvalue weighted by molar-refractivity contribution is -0.0273. The second-order valence-corrected chi connectivity index (χ2v) is 20.3. The monoisotopic (exact) mass is 736 g/mol. The van der Waals surface area contributed by atoms with Crippen molar-refractivity contribution < 1.29 is 10.2 Å². The van der Waals surface area contributed by atoms with Gasteiger partial charge in [0.1, 0.15) is 0 Å². The Hall–Kier alpha value is -3.34. The van der Waals surface area contributed by atoms with Crippen molar-refractivity contribution in [2.45, 2.75) is 131 Å². The molecule has 10 rings (SSSR count). The molecule has 0 spiro atoms. The first-order valence-corrected chi connectivity index (χ1v) is 21.7. The van der Waals surface area contributed by atoms with E-state index in [4.69, 9.17) is 0 Å². The summed E-state index contributed by atoms with van der Waals surface area (Å²) in [4.78, 5) is 8.74. The van der Waals surface area contributed by atoms with Gasteiger partial charge in [0.2, 0.25) is 0 Å². The highest BCUT2D eigenvalue weighted by atomic mass is 16.3. The van der Waals surface area contributed by atoms with Crippen molar-refractivity contribution in [1.82, 2.24) is 9.97 Å². The van der Waals surface area contributed by atoms with Crippen LogP contribution in [0.1, 0.15) is 130 Å². The summed E-state index contributed by atoms with van der Waals surface area (Å²) >= 11 is 0. The Morgan fingerprint density at radius 2 is 1.20 bits per heavy atom. The number of aliphatic hydroxyl groups excluding tert-OH is 2. The number of aliphatic hydroxyl groups is 2. The van der Waals surface area contributed by atoms with Gasteiger partial charge in [0, 0.05) is 41.0 Å². The van der Waals surface area contributed by atoms with Crippen LogP contribution < -0.4 is 0 Å². The van der Waals surface area contributed by atoms with Crippen LogP contribution in [0.25, 0.3) is 11.1 Å². The van der Waals surface area contributed by atoms with Gasteiger partial charge in [-0.1, -0.05) is 106 Å². The molecule has 0 bridgehead atoms. The van der Waals surface area contributed by atoms with Crippen LogP contribution in [0.5, 0.6) is 0 Å². The fourth-order valence-corrected chi connectivity index (χ4v) is 14.4. The van der Waals surface area contributed by atoms with Crippen LogP contribution >= 0.6 is 0 Å². The van der Waals surface area contributed by atoms with E-state index in [1.54, 1.807) is 16.7 Å². The number of hydrogen-bond acceptors (Lipinski definition) is 4. The van der Waals surface area contributed by atoms with E-state index in [-0.39, 0.29) is 39.3 Å². The van der Waals surface area contributed by atoms with Crippen molar-refractivity contribution in [1.29, 1.82) is 0 Å². The smallest absolute Gasteiger partial charge is 0.0750 e. The van der Waals surface area contributed by atoms with Crippen LogP contribution in [0.4, 0.5) is 0 Å². The lowest BCUT2D eigenvalue weighted by Crippen LogP contribution is -2.52. The summed E-state index contributed by atoms with van der Waals surface area (Å²) < 4.78 is 0. The highest BCUT2D eigenvalue weighted by Gasteiger charge is 2.58. The molecule has 4 saturated carbocycles. The van der Waals surface area contributed by atoms with Crippen molar-refractivity contribution >= 4 is 11.1 Å². The largest absolute Gasteiger partial charge is 0.392 e. The normalized spacial score (nSPS) is 40.9. The van der Waals surface area contributed by atoms with Crippen LogP contribution in [0, 0.1) is 50.7 Å². The number of allylic oxidation sites excluding steroid dienone is 10. The number of pyridine rings is 2. The molecule has 0 saturated heterocycles. The lowest BCUT2D eigenvalue weighted by atomic mass is 9.45. The standard InChI is InChI=1S/C26H33NO.C25H31NO/c1-24(2)22-10-7-18-20-9-8-19(17-6-5-15-27-16-17)25(20,3)13-11-21(18)26(22,4)14-12-23(24)28;1-16-19-7-6-18-21-9-8-20(17-5-4-14-26-15-17)25(21,3)12-10-22(18)24(19,2)13-11-23(16)27/h5-6,8-10,15-16,18,21,23,28H,7,11-14H2,1-4H3;4-5,8-9,14-15,18,22-23,27H,6-7,10-13H2,1-3H3/t18-,21-,23?,25+,26+;18-,22-,23?,24-,25+/m00/s1. The van der Waals surface area contributed by atoms with Crippen molar-refractivity contribution in [3.05, 3.63) is 118 Å². The minimum atomic E-state index is -0.207. The van der Waals surface area contributed by atoms with Gasteiger partial charge in [-0.15, -0.1) is 0 Å². The summed E-state index contributed by atoms with van der Waals surface area (Å²) in [6.45, 7) is 16.6. The number of hydrogen-bond donors (Lipinski definition) is 2. The van der Waals surface area contributed by atoms with Crippen LogP contribution in [0.15, 0.2) is 107 Å². The van der Waals surface area contributed by atoms with Gasteiger partial charge in [0.05, 0.1) is 12.2 Å². The molecule has 0 aliphatic heterocycles.